The summed E-state index contributed by atoms with van der Waals surface area (Å²) in [6.07, 6.45) is 4.67. The van der Waals surface area contributed by atoms with Crippen molar-refractivity contribution in [1.29, 1.82) is 0 Å². The van der Waals surface area contributed by atoms with Crippen molar-refractivity contribution in [2.75, 3.05) is 11.4 Å². The first-order chi connectivity index (χ1) is 11.5. The number of rotatable bonds is 4. The average molecular weight is 329 g/mol. The third kappa shape index (κ3) is 2.72. The second kappa shape index (κ2) is 6.58. The third-order valence-electron chi connectivity index (χ3n) is 6.27. The highest BCUT2D eigenvalue weighted by Crippen LogP contribution is 2.46. The largest absolute Gasteiger partial charge is 0.481 e. The second-order valence-corrected chi connectivity index (χ2v) is 7.32. The van der Waals surface area contributed by atoms with E-state index >= 15 is 0 Å². The predicted molar refractivity (Wildman–Crippen MR) is 94.1 cm³/mol. The van der Waals surface area contributed by atoms with Gasteiger partial charge in [0.15, 0.2) is 0 Å². The minimum atomic E-state index is -0.719. The van der Waals surface area contributed by atoms with E-state index in [0.29, 0.717) is 25.7 Å². The fourth-order valence-electron chi connectivity index (χ4n) is 4.49. The van der Waals surface area contributed by atoms with Gasteiger partial charge in [0.1, 0.15) is 0 Å². The lowest BCUT2D eigenvalue weighted by Gasteiger charge is -2.31. The zero-order valence-corrected chi connectivity index (χ0v) is 14.6. The number of hydrogen-bond donors (Lipinski definition) is 1. The summed E-state index contributed by atoms with van der Waals surface area (Å²) < 4.78 is 0. The van der Waals surface area contributed by atoms with Crippen LogP contribution < -0.4 is 4.90 Å². The maximum Gasteiger partial charge on any atom is 0.306 e. The molecule has 4 nitrogen and oxygen atoms in total. The molecule has 3 rings (SSSR count). The van der Waals surface area contributed by atoms with Gasteiger partial charge >= 0.3 is 5.97 Å². The molecule has 2 aliphatic rings. The summed E-state index contributed by atoms with van der Waals surface area (Å²) in [5.41, 5.74) is 2.42. The molecular weight excluding hydrogens is 302 g/mol. The van der Waals surface area contributed by atoms with Crippen LogP contribution in [0.15, 0.2) is 24.3 Å². The molecule has 0 bridgehead atoms. The van der Waals surface area contributed by atoms with Gasteiger partial charge in [0.2, 0.25) is 5.91 Å². The SMILES string of the molecule is CCC1(CC)CN(C(=O)C2CCC(C(=O)O)CC2)c2ccccc21. The number of hydrogen-bond acceptors (Lipinski definition) is 2. The molecule has 1 aliphatic heterocycles. The van der Waals surface area contributed by atoms with E-state index in [4.69, 9.17) is 5.11 Å². The smallest absolute Gasteiger partial charge is 0.306 e. The molecule has 4 heteroatoms. The predicted octanol–water partition coefficient (Wildman–Crippen LogP) is 3.98. The number of amides is 1. The van der Waals surface area contributed by atoms with Gasteiger partial charge in [0.05, 0.1) is 5.92 Å². The van der Waals surface area contributed by atoms with E-state index in [1.165, 1.54) is 5.56 Å². The molecule has 24 heavy (non-hydrogen) atoms. The normalized spacial score (nSPS) is 25.3. The van der Waals surface area contributed by atoms with Gasteiger partial charge in [-0.2, -0.15) is 0 Å². The Bertz CT molecular complexity index is 628. The quantitative estimate of drug-likeness (QED) is 0.909. The molecule has 0 unspecified atom stereocenters. The van der Waals surface area contributed by atoms with Crippen LogP contribution in [-0.2, 0) is 15.0 Å². The Hall–Kier alpha value is -1.84. The Labute approximate surface area is 143 Å². The van der Waals surface area contributed by atoms with Gasteiger partial charge in [-0.25, -0.2) is 0 Å². The number of carbonyl (C=O) groups is 2. The van der Waals surface area contributed by atoms with Crippen LogP contribution >= 0.6 is 0 Å². The van der Waals surface area contributed by atoms with Crippen LogP contribution in [0.4, 0.5) is 5.69 Å². The molecule has 130 valence electrons. The van der Waals surface area contributed by atoms with Crippen molar-refractivity contribution in [3.8, 4) is 0 Å². The van der Waals surface area contributed by atoms with E-state index in [2.05, 4.69) is 32.0 Å². The highest BCUT2D eigenvalue weighted by Gasteiger charge is 2.44. The highest BCUT2D eigenvalue weighted by atomic mass is 16.4. The molecule has 1 aliphatic carbocycles. The van der Waals surface area contributed by atoms with E-state index in [0.717, 1.165) is 25.1 Å². The lowest BCUT2D eigenvalue weighted by atomic mass is 9.77. The van der Waals surface area contributed by atoms with Gasteiger partial charge in [-0.1, -0.05) is 32.0 Å². The van der Waals surface area contributed by atoms with Crippen molar-refractivity contribution in [2.24, 2.45) is 11.8 Å². The van der Waals surface area contributed by atoms with E-state index in [-0.39, 0.29) is 23.2 Å². The Kier molecular flexibility index (Phi) is 4.66. The van der Waals surface area contributed by atoms with Crippen molar-refractivity contribution in [1.82, 2.24) is 0 Å². The molecule has 1 N–H and O–H groups in total. The van der Waals surface area contributed by atoms with Gasteiger partial charge < -0.3 is 10.0 Å². The molecule has 0 aromatic heterocycles. The molecule has 1 aromatic rings. The lowest BCUT2D eigenvalue weighted by Crippen LogP contribution is -2.41. The molecule has 1 fully saturated rings. The number of carbonyl (C=O) groups excluding carboxylic acids is 1. The van der Waals surface area contributed by atoms with Crippen molar-refractivity contribution in [3.63, 3.8) is 0 Å². The summed E-state index contributed by atoms with van der Waals surface area (Å²) in [6.45, 7) is 5.16. The minimum absolute atomic E-state index is 0.0295. The number of aliphatic carboxylic acids is 1. The number of benzene rings is 1. The number of nitrogens with zero attached hydrogens (tertiary/aromatic N) is 1. The number of fused-ring (bicyclic) bond motifs is 1. The van der Waals surface area contributed by atoms with Crippen molar-refractivity contribution in [2.45, 2.75) is 57.8 Å². The Balaban J connectivity index is 1.81. The van der Waals surface area contributed by atoms with Gasteiger partial charge in [-0.15, -0.1) is 0 Å². The fourth-order valence-corrected chi connectivity index (χ4v) is 4.49. The minimum Gasteiger partial charge on any atom is -0.481 e. The van der Waals surface area contributed by atoms with E-state index in [1.54, 1.807) is 0 Å². The van der Waals surface area contributed by atoms with Crippen LogP contribution in [0.1, 0.15) is 57.9 Å². The van der Waals surface area contributed by atoms with Crippen LogP contribution in [0.5, 0.6) is 0 Å². The highest BCUT2D eigenvalue weighted by molar-refractivity contribution is 5.98. The van der Waals surface area contributed by atoms with Crippen molar-refractivity contribution in [3.05, 3.63) is 29.8 Å². The van der Waals surface area contributed by atoms with Crippen LogP contribution in [0.3, 0.4) is 0 Å². The summed E-state index contributed by atoms with van der Waals surface area (Å²) >= 11 is 0. The first-order valence-corrected chi connectivity index (χ1v) is 9.16. The molecule has 1 aromatic carbocycles. The number of carboxylic acids is 1. The first kappa shape index (κ1) is 17.0. The summed E-state index contributed by atoms with van der Waals surface area (Å²) in [5, 5.41) is 9.14. The maximum absolute atomic E-state index is 13.1. The summed E-state index contributed by atoms with van der Waals surface area (Å²) in [7, 11) is 0. The molecule has 1 heterocycles. The van der Waals surface area contributed by atoms with Crippen LogP contribution in [0.2, 0.25) is 0 Å². The zero-order valence-electron chi connectivity index (χ0n) is 14.6. The van der Waals surface area contributed by atoms with Gasteiger partial charge in [-0.3, -0.25) is 9.59 Å². The van der Waals surface area contributed by atoms with Crippen LogP contribution in [0.25, 0.3) is 0 Å². The average Bonchev–Trinajstić information content (AvgIpc) is 2.96. The number of para-hydroxylation sites is 1. The van der Waals surface area contributed by atoms with Gasteiger partial charge in [0, 0.05) is 23.6 Å². The first-order valence-electron chi connectivity index (χ1n) is 9.16. The molecule has 0 saturated heterocycles. The van der Waals surface area contributed by atoms with E-state index in [9.17, 15) is 9.59 Å². The van der Waals surface area contributed by atoms with Crippen molar-refractivity contribution < 1.29 is 14.7 Å². The molecular formula is C20H27NO3. The summed E-state index contributed by atoms with van der Waals surface area (Å²) in [5.74, 6) is -0.832. The summed E-state index contributed by atoms with van der Waals surface area (Å²) in [4.78, 5) is 26.2. The van der Waals surface area contributed by atoms with Gasteiger partial charge in [0.25, 0.3) is 0 Å². The molecule has 0 atom stereocenters. The molecule has 0 radical (unpaired) electrons. The van der Waals surface area contributed by atoms with Gasteiger partial charge in [-0.05, 0) is 50.2 Å². The monoisotopic (exact) mass is 329 g/mol. The standard InChI is InChI=1S/C20H27NO3/c1-3-20(4-2)13-21(17-8-6-5-7-16(17)20)18(22)14-9-11-15(12-10-14)19(23)24/h5-8,14-15H,3-4,9-13H2,1-2H3,(H,23,24). The molecule has 1 amide bonds. The fraction of sp³-hybridized carbons (Fsp3) is 0.600. The lowest BCUT2D eigenvalue weighted by molar-refractivity contribution is -0.144. The van der Waals surface area contributed by atoms with Crippen LogP contribution in [-0.4, -0.2) is 23.5 Å². The Morgan fingerprint density at radius 2 is 1.67 bits per heavy atom. The zero-order chi connectivity index (χ0) is 17.3. The number of anilines is 1. The Morgan fingerprint density at radius 1 is 1.08 bits per heavy atom. The third-order valence-corrected chi connectivity index (χ3v) is 6.27. The van der Waals surface area contributed by atoms with E-state index in [1.807, 2.05) is 11.0 Å². The van der Waals surface area contributed by atoms with Crippen LogP contribution in [0, 0.1) is 11.8 Å². The molecule has 0 spiro atoms. The topological polar surface area (TPSA) is 57.6 Å². The molecule has 1 saturated carbocycles. The number of carboxylic acid groups (broad SMARTS) is 1. The summed E-state index contributed by atoms with van der Waals surface area (Å²) in [6, 6.07) is 8.28. The second-order valence-electron chi connectivity index (χ2n) is 7.32. The van der Waals surface area contributed by atoms with E-state index < -0.39 is 5.97 Å². The van der Waals surface area contributed by atoms with Crippen molar-refractivity contribution >= 4 is 17.6 Å². The Morgan fingerprint density at radius 3 is 2.25 bits per heavy atom. The maximum atomic E-state index is 13.1.